The van der Waals surface area contributed by atoms with Gasteiger partial charge < -0.3 is 78.7 Å². The first kappa shape index (κ1) is 50.9. The van der Waals surface area contributed by atoms with Crippen molar-refractivity contribution in [3.63, 3.8) is 0 Å². The van der Waals surface area contributed by atoms with Gasteiger partial charge in [0.15, 0.2) is 24.7 Å². The van der Waals surface area contributed by atoms with Crippen LogP contribution in [0.4, 0.5) is 0 Å². The largest absolute Gasteiger partial charge is 0.397 e. The van der Waals surface area contributed by atoms with Gasteiger partial charge in [-0.2, -0.15) is 8.42 Å². The lowest BCUT2D eigenvalue weighted by Crippen LogP contribution is -2.68. The van der Waals surface area contributed by atoms with Gasteiger partial charge in [-0.3, -0.25) is 4.55 Å². The van der Waals surface area contributed by atoms with Crippen LogP contribution in [0.2, 0.25) is 0 Å². The Morgan fingerprint density at radius 1 is 0.746 bits per heavy atom. The summed E-state index contributed by atoms with van der Waals surface area (Å²) >= 11 is 0. The Morgan fingerprint density at radius 3 is 2.06 bits per heavy atom. The van der Waals surface area contributed by atoms with Crippen LogP contribution in [0.3, 0.4) is 0 Å². The molecule has 384 valence electrons. The van der Waals surface area contributed by atoms with Crippen LogP contribution in [0.25, 0.3) is 0 Å². The fourth-order valence-electron chi connectivity index (χ4n) is 15.7. The predicted molar refractivity (Wildman–Crippen MR) is 229 cm³/mol. The molecule has 20 nitrogen and oxygen atoms in total. The molecular formula is C46H74O20S. The number of ether oxygens (including phenoxy) is 8. The lowest BCUT2D eigenvalue weighted by Gasteiger charge is -2.70. The third-order valence-electron chi connectivity index (χ3n) is 18.9. The maximum atomic E-state index is 12.4. The van der Waals surface area contributed by atoms with Crippen molar-refractivity contribution in [3.8, 4) is 0 Å². The summed E-state index contributed by atoms with van der Waals surface area (Å²) in [4.78, 5) is 0. The molecular weight excluding hydrogens is 905 g/mol. The Hall–Kier alpha value is -1.03. The standard InChI is InChI=1S/C46H74O20S/c1-21(2)14-22-16-59-46-19-45(20-60-46)23(37(46)44(22,7)54)8-9-28-42(5)12-11-29(41(3,4)27(42)10-13-43(28,45)6)64-40-36(66-38-33(52)30(49)25(15-47)62-38)35(24(48)17-58-40)65-39-34(53)32(51)31(50)26(63-39)18-61-67(55,56)57/h14,22-40,47-54H,8-13,15-20H2,1-7H3,(H,55,56,57)/t22-,23-,24+,25+,26-,27-,28-,29+,30+,31-,32+,33-,34-,35+,36-,37+,38+,39+,40+,42-,43-,44+,45+,46-/m1/s1. The number of fused-ring (bicyclic) bond motifs is 4. The Kier molecular flexibility index (Phi) is 13.4. The second-order valence-electron chi connectivity index (χ2n) is 22.9. The van der Waals surface area contributed by atoms with Gasteiger partial charge in [0, 0.05) is 23.7 Å². The third kappa shape index (κ3) is 8.04. The smallest absolute Gasteiger partial charge is 0.394 e. The summed E-state index contributed by atoms with van der Waals surface area (Å²) in [6.07, 6.45) is -13.6. The Labute approximate surface area is 392 Å². The molecule has 9 N–H and O–H groups in total. The second-order valence-corrected chi connectivity index (χ2v) is 24.0. The molecule has 9 aliphatic rings. The van der Waals surface area contributed by atoms with E-state index in [1.54, 1.807) is 0 Å². The highest BCUT2D eigenvalue weighted by atomic mass is 32.3. The normalized spacial score (nSPS) is 54.7. The van der Waals surface area contributed by atoms with Crippen molar-refractivity contribution in [1.29, 1.82) is 0 Å². The van der Waals surface area contributed by atoms with E-state index in [0.29, 0.717) is 25.6 Å². The van der Waals surface area contributed by atoms with Gasteiger partial charge >= 0.3 is 10.4 Å². The maximum Gasteiger partial charge on any atom is 0.397 e. The molecule has 0 aromatic rings. The minimum Gasteiger partial charge on any atom is -0.394 e. The van der Waals surface area contributed by atoms with E-state index < -0.39 is 126 Å². The molecule has 0 aromatic carbocycles. The van der Waals surface area contributed by atoms with Crippen LogP contribution in [0.1, 0.15) is 93.4 Å². The topological polar surface area (TPSA) is 299 Å². The lowest BCUT2D eigenvalue weighted by atomic mass is 9.35. The van der Waals surface area contributed by atoms with E-state index in [1.807, 2.05) is 6.92 Å². The van der Waals surface area contributed by atoms with Gasteiger partial charge in [-0.1, -0.05) is 39.3 Å². The second kappa shape index (κ2) is 17.6. The summed E-state index contributed by atoms with van der Waals surface area (Å²) in [5, 5.41) is 87.7. The lowest BCUT2D eigenvalue weighted by molar-refractivity contribution is -0.375. The van der Waals surface area contributed by atoms with E-state index in [2.05, 4.69) is 51.8 Å². The van der Waals surface area contributed by atoms with E-state index in [9.17, 15) is 49.3 Å². The van der Waals surface area contributed by atoms with Crippen LogP contribution in [0, 0.1) is 51.2 Å². The van der Waals surface area contributed by atoms with Gasteiger partial charge in [0.25, 0.3) is 0 Å². The number of allylic oxidation sites excluding steroid dienone is 1. The molecule has 5 aliphatic heterocycles. The molecule has 67 heavy (non-hydrogen) atoms. The average molecular weight is 979 g/mol. The van der Waals surface area contributed by atoms with Crippen LogP contribution >= 0.6 is 0 Å². The molecule has 2 bridgehead atoms. The number of hydrogen-bond acceptors (Lipinski definition) is 19. The van der Waals surface area contributed by atoms with Gasteiger partial charge in [0.1, 0.15) is 61.0 Å². The van der Waals surface area contributed by atoms with Crippen molar-refractivity contribution in [2.45, 2.75) is 191 Å². The van der Waals surface area contributed by atoms with Crippen LogP contribution in [-0.4, -0.2) is 184 Å². The van der Waals surface area contributed by atoms with Gasteiger partial charge in [-0.05, 0) is 93.3 Å². The summed E-state index contributed by atoms with van der Waals surface area (Å²) in [6.45, 7) is 14.4. The molecule has 2 spiro atoms. The van der Waals surface area contributed by atoms with Crippen LogP contribution in [0.5, 0.6) is 0 Å². The van der Waals surface area contributed by atoms with E-state index in [-0.39, 0.29) is 46.5 Å². The first-order valence-electron chi connectivity index (χ1n) is 24.1. The quantitative estimate of drug-likeness (QED) is 0.0764. The molecule has 0 amide bonds. The van der Waals surface area contributed by atoms with Gasteiger partial charge in [-0.25, -0.2) is 4.18 Å². The van der Waals surface area contributed by atoms with Crippen molar-refractivity contribution in [1.82, 2.24) is 0 Å². The highest BCUT2D eigenvalue weighted by Crippen LogP contribution is 2.80. The van der Waals surface area contributed by atoms with E-state index in [1.165, 1.54) is 0 Å². The molecule has 5 saturated heterocycles. The van der Waals surface area contributed by atoms with Crippen molar-refractivity contribution in [2.24, 2.45) is 51.2 Å². The zero-order valence-corrected chi connectivity index (χ0v) is 40.3. The number of hydrogen-bond donors (Lipinski definition) is 9. The Bertz CT molecular complexity index is 1970. The van der Waals surface area contributed by atoms with Gasteiger partial charge in [0.05, 0.1) is 44.7 Å². The van der Waals surface area contributed by atoms with E-state index in [4.69, 9.17) is 42.4 Å². The minimum atomic E-state index is -5.01. The maximum absolute atomic E-state index is 12.4. The first-order chi connectivity index (χ1) is 31.2. The minimum absolute atomic E-state index is 0.102. The van der Waals surface area contributed by atoms with Gasteiger partial charge in [0.2, 0.25) is 0 Å². The summed E-state index contributed by atoms with van der Waals surface area (Å²) < 4.78 is 86.6. The summed E-state index contributed by atoms with van der Waals surface area (Å²) in [5.74, 6) is -0.349. The Balaban J connectivity index is 0.965. The molecule has 9 fully saturated rings. The van der Waals surface area contributed by atoms with Crippen LogP contribution < -0.4 is 0 Å². The molecule has 0 unspecified atom stereocenters. The summed E-state index contributed by atoms with van der Waals surface area (Å²) in [5.41, 5.74) is -0.718. The monoisotopic (exact) mass is 978 g/mol. The van der Waals surface area contributed by atoms with Crippen molar-refractivity contribution >= 4 is 10.4 Å². The number of aliphatic hydroxyl groups excluding tert-OH is 7. The Morgan fingerprint density at radius 2 is 1.40 bits per heavy atom. The SMILES string of the molecule is CC(C)=C[C@@H]1CO[C@]23C[C@]4(CO2)[C@H](CC[C@@H]2[C@]5(C)CC[C@H](O[C@@H]6OC[C@H](O)[C@H](O[C@@H]7O[C@H](COS(=O)(=O)O)[C@@H](O)[C@H](O)[C@H]7O)[C@H]6O[C@@H]6O[C@@H](CO)[C@H](O)[C@H]6O)C(C)(C)[C@H]5CC[C@]24C)[C@H]3[C@@]1(C)O. The molecule has 5 heterocycles. The first-order valence-corrected chi connectivity index (χ1v) is 25.5. The zero-order valence-electron chi connectivity index (χ0n) is 39.5. The van der Waals surface area contributed by atoms with Crippen molar-refractivity contribution in [3.05, 3.63) is 11.6 Å². The van der Waals surface area contributed by atoms with Crippen LogP contribution in [0.15, 0.2) is 11.6 Å². The molecule has 0 radical (unpaired) electrons. The van der Waals surface area contributed by atoms with Gasteiger partial charge in [-0.15, -0.1) is 0 Å². The highest BCUT2D eigenvalue weighted by molar-refractivity contribution is 7.80. The predicted octanol–water partition coefficient (Wildman–Crippen LogP) is 0.290. The van der Waals surface area contributed by atoms with Crippen molar-refractivity contribution < 1.29 is 95.9 Å². The van der Waals surface area contributed by atoms with Crippen LogP contribution in [-0.2, 0) is 52.5 Å². The van der Waals surface area contributed by atoms with Crippen molar-refractivity contribution in [2.75, 3.05) is 33.0 Å². The number of rotatable bonds is 11. The highest BCUT2D eigenvalue weighted by Gasteiger charge is 2.81. The fraction of sp³-hybridized carbons (Fsp3) is 0.957. The number of aliphatic hydroxyl groups is 8. The molecule has 9 rings (SSSR count). The van der Waals surface area contributed by atoms with E-state index >= 15 is 0 Å². The molecule has 21 heteroatoms. The average Bonchev–Trinajstić information content (AvgIpc) is 3.88. The zero-order chi connectivity index (χ0) is 48.6. The molecule has 24 atom stereocenters. The summed E-state index contributed by atoms with van der Waals surface area (Å²) in [6, 6.07) is 0. The molecule has 4 aliphatic carbocycles. The third-order valence-corrected chi connectivity index (χ3v) is 19.3. The molecule has 0 aromatic heterocycles. The van der Waals surface area contributed by atoms with E-state index in [0.717, 1.165) is 44.1 Å². The fourth-order valence-corrected chi connectivity index (χ4v) is 16.0. The molecule has 4 saturated carbocycles. The summed E-state index contributed by atoms with van der Waals surface area (Å²) in [7, 11) is -5.01.